The quantitative estimate of drug-likeness (QED) is 0.494. The van der Waals surface area contributed by atoms with Crippen LogP contribution in [-0.4, -0.2) is 47.0 Å². The number of halogens is 1. The number of methoxy groups -OCH3 is 1. The van der Waals surface area contributed by atoms with E-state index >= 15 is 0 Å². The predicted octanol–water partition coefficient (Wildman–Crippen LogP) is 2.95. The Morgan fingerprint density at radius 3 is 2.80 bits per heavy atom. The number of imide groups is 1. The molecule has 1 aromatic heterocycles. The Morgan fingerprint density at radius 1 is 1.30 bits per heavy atom. The molecule has 8 nitrogen and oxygen atoms in total. The summed E-state index contributed by atoms with van der Waals surface area (Å²) in [4.78, 5) is 41.7. The summed E-state index contributed by atoms with van der Waals surface area (Å²) < 4.78 is 6.56. The molecule has 0 radical (unpaired) electrons. The van der Waals surface area contributed by atoms with Gasteiger partial charge in [0.2, 0.25) is 5.91 Å². The van der Waals surface area contributed by atoms with Crippen LogP contribution >= 0.6 is 23.4 Å². The van der Waals surface area contributed by atoms with Crippen LogP contribution in [-0.2, 0) is 16.1 Å². The number of aromatic nitrogens is 2. The highest BCUT2D eigenvalue weighted by Crippen LogP contribution is 2.20. The number of urea groups is 1. The van der Waals surface area contributed by atoms with Gasteiger partial charge in [0.15, 0.2) is 5.16 Å². The molecule has 1 heterocycles. The normalized spacial score (nSPS) is 14.6. The van der Waals surface area contributed by atoms with E-state index in [1.807, 2.05) is 0 Å². The van der Waals surface area contributed by atoms with E-state index in [1.54, 1.807) is 25.3 Å². The van der Waals surface area contributed by atoms with Crippen LogP contribution in [0.1, 0.15) is 32.1 Å². The minimum absolute atomic E-state index is 0.0520. The van der Waals surface area contributed by atoms with Gasteiger partial charge < -0.3 is 10.1 Å². The van der Waals surface area contributed by atoms with Gasteiger partial charge >= 0.3 is 6.03 Å². The van der Waals surface area contributed by atoms with Crippen molar-refractivity contribution in [3.05, 3.63) is 33.6 Å². The average molecular weight is 453 g/mol. The second-order valence-electron chi connectivity index (χ2n) is 7.15. The second kappa shape index (κ2) is 10.8. The SMILES string of the molecule is COCCn1c(SCC(=O)NC(=O)NC2CCCCC2)nc2cc(Cl)ccc2c1=O. The molecular weight excluding hydrogens is 428 g/mol. The molecule has 1 saturated carbocycles. The standard InChI is InChI=1S/C20H25ClN4O4S/c1-29-10-9-25-18(27)15-8-7-13(21)11-16(15)23-20(25)30-12-17(26)24-19(28)22-14-5-3-2-4-6-14/h7-8,11,14H,2-6,9-10,12H2,1H3,(H2,22,24,26,28). The highest BCUT2D eigenvalue weighted by Gasteiger charge is 2.18. The van der Waals surface area contributed by atoms with E-state index in [0.29, 0.717) is 34.2 Å². The van der Waals surface area contributed by atoms with Crippen molar-refractivity contribution in [2.45, 2.75) is 49.8 Å². The number of hydrogen-bond acceptors (Lipinski definition) is 6. The molecule has 0 saturated heterocycles. The third kappa shape index (κ3) is 5.96. The van der Waals surface area contributed by atoms with E-state index < -0.39 is 11.9 Å². The van der Waals surface area contributed by atoms with E-state index in [-0.39, 0.29) is 17.4 Å². The third-order valence-electron chi connectivity index (χ3n) is 4.93. The van der Waals surface area contributed by atoms with Gasteiger partial charge in [0.25, 0.3) is 5.56 Å². The molecule has 1 fully saturated rings. The number of thioether (sulfide) groups is 1. The summed E-state index contributed by atoms with van der Waals surface area (Å²) in [5.74, 6) is -0.504. The molecule has 0 aliphatic heterocycles. The van der Waals surface area contributed by atoms with Crippen LogP contribution in [0.15, 0.2) is 28.2 Å². The maximum absolute atomic E-state index is 12.9. The third-order valence-corrected chi connectivity index (χ3v) is 6.14. The topological polar surface area (TPSA) is 102 Å². The fourth-order valence-corrected chi connectivity index (χ4v) is 4.42. The molecule has 3 amide bonds. The maximum atomic E-state index is 12.9. The Balaban J connectivity index is 1.68. The largest absolute Gasteiger partial charge is 0.383 e. The summed E-state index contributed by atoms with van der Waals surface area (Å²) in [7, 11) is 1.55. The molecule has 1 aromatic carbocycles. The molecule has 0 atom stereocenters. The van der Waals surface area contributed by atoms with Gasteiger partial charge in [0.05, 0.1) is 29.8 Å². The number of amides is 3. The van der Waals surface area contributed by atoms with Gasteiger partial charge in [-0.25, -0.2) is 9.78 Å². The van der Waals surface area contributed by atoms with Crippen LogP contribution in [0.3, 0.4) is 0 Å². The lowest BCUT2D eigenvalue weighted by Gasteiger charge is -2.22. The van der Waals surface area contributed by atoms with Gasteiger partial charge in [-0.1, -0.05) is 42.6 Å². The number of nitrogens with zero attached hydrogens (tertiary/aromatic N) is 2. The zero-order valence-corrected chi connectivity index (χ0v) is 18.4. The molecule has 30 heavy (non-hydrogen) atoms. The number of carbonyl (C=O) groups is 2. The monoisotopic (exact) mass is 452 g/mol. The highest BCUT2D eigenvalue weighted by atomic mass is 35.5. The molecule has 0 bridgehead atoms. The Morgan fingerprint density at radius 2 is 2.07 bits per heavy atom. The molecule has 3 rings (SSSR count). The predicted molar refractivity (Wildman–Crippen MR) is 117 cm³/mol. The molecule has 2 aromatic rings. The van der Waals surface area contributed by atoms with Crippen molar-refractivity contribution in [3.8, 4) is 0 Å². The average Bonchev–Trinajstić information content (AvgIpc) is 2.72. The molecule has 2 N–H and O–H groups in total. The summed E-state index contributed by atoms with van der Waals surface area (Å²) in [6.45, 7) is 0.622. The van der Waals surface area contributed by atoms with Crippen molar-refractivity contribution in [1.29, 1.82) is 0 Å². The summed E-state index contributed by atoms with van der Waals surface area (Å²) in [5, 5.41) is 6.48. The van der Waals surface area contributed by atoms with Crippen molar-refractivity contribution in [3.63, 3.8) is 0 Å². The number of hydrogen-bond donors (Lipinski definition) is 2. The molecule has 1 aliphatic carbocycles. The van der Waals surface area contributed by atoms with Crippen LogP contribution in [0.5, 0.6) is 0 Å². The smallest absolute Gasteiger partial charge is 0.321 e. The number of nitrogens with one attached hydrogen (secondary N) is 2. The Bertz CT molecular complexity index is 975. The molecule has 162 valence electrons. The number of rotatable bonds is 7. The summed E-state index contributed by atoms with van der Waals surface area (Å²) in [6.07, 6.45) is 5.23. The second-order valence-corrected chi connectivity index (χ2v) is 8.53. The van der Waals surface area contributed by atoms with Crippen molar-refractivity contribution < 1.29 is 14.3 Å². The molecular formula is C20H25ClN4O4S. The fourth-order valence-electron chi connectivity index (χ4n) is 3.42. The minimum atomic E-state index is -0.484. The van der Waals surface area contributed by atoms with Crippen LogP contribution in [0.25, 0.3) is 10.9 Å². The van der Waals surface area contributed by atoms with E-state index in [2.05, 4.69) is 15.6 Å². The lowest BCUT2D eigenvalue weighted by atomic mass is 9.96. The van der Waals surface area contributed by atoms with E-state index in [1.165, 1.54) is 11.0 Å². The van der Waals surface area contributed by atoms with Gasteiger partial charge in [0.1, 0.15) is 0 Å². The van der Waals surface area contributed by atoms with Crippen LogP contribution in [0.4, 0.5) is 4.79 Å². The van der Waals surface area contributed by atoms with Gasteiger partial charge in [-0.2, -0.15) is 0 Å². The number of benzene rings is 1. The van der Waals surface area contributed by atoms with Gasteiger partial charge in [-0.05, 0) is 31.0 Å². The first-order valence-corrected chi connectivity index (χ1v) is 11.3. The van der Waals surface area contributed by atoms with E-state index in [9.17, 15) is 14.4 Å². The first-order valence-electron chi connectivity index (χ1n) is 9.90. The molecule has 0 unspecified atom stereocenters. The van der Waals surface area contributed by atoms with Gasteiger partial charge in [-0.15, -0.1) is 0 Å². The summed E-state index contributed by atoms with van der Waals surface area (Å²) in [6, 6.07) is 4.51. The van der Waals surface area contributed by atoms with Crippen molar-refractivity contribution in [2.24, 2.45) is 0 Å². The van der Waals surface area contributed by atoms with Gasteiger partial charge in [-0.3, -0.25) is 19.5 Å². The first kappa shape index (κ1) is 22.6. The zero-order valence-electron chi connectivity index (χ0n) is 16.8. The van der Waals surface area contributed by atoms with Crippen LogP contribution < -0.4 is 16.2 Å². The zero-order chi connectivity index (χ0) is 21.5. The highest BCUT2D eigenvalue weighted by molar-refractivity contribution is 7.99. The van der Waals surface area contributed by atoms with Crippen molar-refractivity contribution >= 4 is 46.2 Å². The molecule has 1 aliphatic rings. The van der Waals surface area contributed by atoms with Crippen molar-refractivity contribution in [1.82, 2.24) is 20.2 Å². The first-order chi connectivity index (χ1) is 14.5. The Hall–Kier alpha value is -2.10. The number of fused-ring (bicyclic) bond motifs is 1. The minimum Gasteiger partial charge on any atom is -0.383 e. The Labute approximate surface area is 183 Å². The number of ether oxygens (including phenoxy) is 1. The number of carbonyl (C=O) groups excluding carboxylic acids is 2. The van der Waals surface area contributed by atoms with Crippen LogP contribution in [0, 0.1) is 0 Å². The summed E-state index contributed by atoms with van der Waals surface area (Å²) in [5.41, 5.74) is 0.228. The van der Waals surface area contributed by atoms with E-state index in [0.717, 1.165) is 37.4 Å². The maximum Gasteiger partial charge on any atom is 0.321 e. The Kier molecular flexibility index (Phi) is 8.12. The lowest BCUT2D eigenvalue weighted by molar-refractivity contribution is -0.117. The summed E-state index contributed by atoms with van der Waals surface area (Å²) >= 11 is 7.12. The van der Waals surface area contributed by atoms with Crippen LogP contribution in [0.2, 0.25) is 5.02 Å². The molecule has 10 heteroatoms. The van der Waals surface area contributed by atoms with E-state index in [4.69, 9.17) is 16.3 Å². The molecule has 0 spiro atoms. The van der Waals surface area contributed by atoms with Gasteiger partial charge in [0, 0.05) is 18.2 Å². The van der Waals surface area contributed by atoms with Crippen molar-refractivity contribution in [2.75, 3.05) is 19.5 Å². The lowest BCUT2D eigenvalue weighted by Crippen LogP contribution is -2.45. The fraction of sp³-hybridized carbons (Fsp3) is 0.500.